The Morgan fingerprint density at radius 2 is 1.55 bits per heavy atom. The fourth-order valence-corrected chi connectivity index (χ4v) is 4.87. The van der Waals surface area contributed by atoms with Crippen molar-refractivity contribution < 1.29 is 14.3 Å². The van der Waals surface area contributed by atoms with Gasteiger partial charge in [0, 0.05) is 13.1 Å². The van der Waals surface area contributed by atoms with Crippen molar-refractivity contribution in [3.8, 4) is 5.75 Å². The Morgan fingerprint density at radius 1 is 0.903 bits per heavy atom. The third-order valence-corrected chi connectivity index (χ3v) is 6.44. The van der Waals surface area contributed by atoms with Gasteiger partial charge in [0.25, 0.3) is 11.8 Å². The topological polar surface area (TPSA) is 49.9 Å². The van der Waals surface area contributed by atoms with Crippen molar-refractivity contribution in [2.24, 2.45) is 11.8 Å². The molecule has 0 radical (unpaired) electrons. The second kappa shape index (κ2) is 8.22. The lowest BCUT2D eigenvalue weighted by Crippen LogP contribution is -2.42. The zero-order valence-electron chi connectivity index (χ0n) is 18.9. The van der Waals surface area contributed by atoms with E-state index in [0.717, 1.165) is 36.2 Å². The largest absolute Gasteiger partial charge is 0.497 e. The first-order valence-electron chi connectivity index (χ1n) is 10.9. The molecule has 2 heterocycles. The molecule has 162 valence electrons. The molecule has 5 nitrogen and oxygen atoms in total. The van der Waals surface area contributed by atoms with Gasteiger partial charge in [0.05, 0.1) is 18.4 Å². The average molecular weight is 419 g/mol. The summed E-state index contributed by atoms with van der Waals surface area (Å²) >= 11 is 0. The number of likely N-dealkylation sites (tertiary alicyclic amines) is 1. The maximum absolute atomic E-state index is 13.8. The van der Waals surface area contributed by atoms with Gasteiger partial charge in [0.15, 0.2) is 0 Å². The van der Waals surface area contributed by atoms with E-state index in [1.54, 1.807) is 7.11 Å². The molecule has 2 amide bonds. The summed E-state index contributed by atoms with van der Waals surface area (Å²) in [5.41, 5.74) is 4.41. The minimum Gasteiger partial charge on any atom is -0.497 e. The number of rotatable bonds is 4. The molecule has 0 aliphatic carbocycles. The molecular formula is C26H30N2O3. The number of amides is 2. The lowest BCUT2D eigenvalue weighted by molar-refractivity contribution is -0.120. The van der Waals surface area contributed by atoms with Gasteiger partial charge in [0.1, 0.15) is 11.4 Å². The Hall–Kier alpha value is -3.08. The molecule has 31 heavy (non-hydrogen) atoms. The molecule has 2 atom stereocenters. The minimum absolute atomic E-state index is 0.231. The van der Waals surface area contributed by atoms with Crippen LogP contribution in [-0.4, -0.2) is 36.9 Å². The van der Waals surface area contributed by atoms with Crippen molar-refractivity contribution in [1.82, 2.24) is 4.90 Å². The van der Waals surface area contributed by atoms with Gasteiger partial charge in [0.2, 0.25) is 0 Å². The first-order valence-corrected chi connectivity index (χ1v) is 10.9. The number of hydrogen-bond donors (Lipinski definition) is 0. The zero-order valence-corrected chi connectivity index (χ0v) is 18.9. The normalized spacial score (nSPS) is 21.8. The van der Waals surface area contributed by atoms with Crippen molar-refractivity contribution >= 4 is 23.1 Å². The van der Waals surface area contributed by atoms with Crippen LogP contribution in [0.1, 0.15) is 37.0 Å². The molecule has 0 saturated carbocycles. The summed E-state index contributed by atoms with van der Waals surface area (Å²) in [5, 5.41) is 0. The van der Waals surface area contributed by atoms with E-state index in [2.05, 4.69) is 18.7 Å². The summed E-state index contributed by atoms with van der Waals surface area (Å²) in [6, 6.07) is 13.1. The quantitative estimate of drug-likeness (QED) is 0.683. The van der Waals surface area contributed by atoms with Crippen molar-refractivity contribution in [3.05, 3.63) is 64.9 Å². The first-order chi connectivity index (χ1) is 14.8. The number of aryl methyl sites for hydroxylation is 1. The highest BCUT2D eigenvalue weighted by molar-refractivity contribution is 6.45. The van der Waals surface area contributed by atoms with Crippen molar-refractivity contribution in [1.29, 1.82) is 0 Å². The predicted octanol–water partition coefficient (Wildman–Crippen LogP) is 4.57. The highest BCUT2D eigenvalue weighted by atomic mass is 16.5. The molecule has 0 aromatic heterocycles. The molecule has 5 heteroatoms. The highest BCUT2D eigenvalue weighted by Gasteiger charge is 2.44. The summed E-state index contributed by atoms with van der Waals surface area (Å²) < 4.78 is 5.28. The van der Waals surface area contributed by atoms with Crippen molar-refractivity contribution in [2.45, 2.75) is 34.1 Å². The van der Waals surface area contributed by atoms with Gasteiger partial charge >= 0.3 is 0 Å². The number of ether oxygens (including phenoxy) is 1. The molecule has 1 saturated heterocycles. The van der Waals surface area contributed by atoms with Gasteiger partial charge < -0.3 is 9.64 Å². The fourth-order valence-electron chi connectivity index (χ4n) is 4.87. The number of hydrogen-bond acceptors (Lipinski definition) is 4. The number of methoxy groups -OCH3 is 1. The van der Waals surface area contributed by atoms with Crippen LogP contribution in [0.4, 0.5) is 5.69 Å². The number of carbonyl (C=O) groups is 2. The van der Waals surface area contributed by atoms with Crippen LogP contribution in [0.15, 0.2) is 48.2 Å². The van der Waals surface area contributed by atoms with Crippen molar-refractivity contribution in [2.75, 3.05) is 25.1 Å². The molecule has 2 aromatic carbocycles. The maximum Gasteiger partial charge on any atom is 0.282 e. The summed E-state index contributed by atoms with van der Waals surface area (Å²) in [6.45, 7) is 9.93. The number of imide groups is 1. The average Bonchev–Trinajstić information content (AvgIpc) is 3.00. The van der Waals surface area contributed by atoms with Crippen LogP contribution in [0.2, 0.25) is 0 Å². The lowest BCUT2D eigenvalue weighted by Gasteiger charge is -2.37. The number of nitrogens with zero attached hydrogens (tertiary/aromatic N) is 2. The van der Waals surface area contributed by atoms with E-state index in [4.69, 9.17) is 4.74 Å². The molecule has 2 aromatic rings. The van der Waals surface area contributed by atoms with Crippen LogP contribution in [0.25, 0.3) is 5.57 Å². The van der Waals surface area contributed by atoms with Crippen LogP contribution in [0.3, 0.4) is 0 Å². The SMILES string of the molecule is COc1ccc(C2=C(N3CC(C)CC(C)C3)C(=O)N(c3cccc(C)c3C)C2=O)cc1. The first kappa shape index (κ1) is 21.2. The molecule has 0 bridgehead atoms. The van der Waals surface area contributed by atoms with Gasteiger partial charge in [-0.2, -0.15) is 0 Å². The Bertz CT molecular complexity index is 1040. The Morgan fingerprint density at radius 3 is 2.16 bits per heavy atom. The Balaban J connectivity index is 1.85. The monoisotopic (exact) mass is 418 g/mol. The third kappa shape index (κ3) is 3.73. The number of benzene rings is 2. The van der Waals surface area contributed by atoms with Crippen LogP contribution >= 0.6 is 0 Å². The van der Waals surface area contributed by atoms with Gasteiger partial charge in [-0.15, -0.1) is 0 Å². The van der Waals surface area contributed by atoms with Crippen LogP contribution in [0.5, 0.6) is 5.75 Å². The van der Waals surface area contributed by atoms with Gasteiger partial charge in [-0.05, 0) is 67.0 Å². The van der Waals surface area contributed by atoms with E-state index in [-0.39, 0.29) is 11.8 Å². The van der Waals surface area contributed by atoms with Crippen LogP contribution in [-0.2, 0) is 9.59 Å². The van der Waals surface area contributed by atoms with E-state index in [0.29, 0.717) is 34.5 Å². The van der Waals surface area contributed by atoms with Crippen LogP contribution < -0.4 is 9.64 Å². The molecule has 4 rings (SSSR count). The molecule has 0 N–H and O–H groups in total. The van der Waals surface area contributed by atoms with E-state index >= 15 is 0 Å². The zero-order chi connectivity index (χ0) is 22.3. The number of piperidine rings is 1. The lowest BCUT2D eigenvalue weighted by atomic mass is 9.91. The summed E-state index contributed by atoms with van der Waals surface area (Å²) in [6.07, 6.45) is 1.13. The molecule has 0 spiro atoms. The number of anilines is 1. The van der Waals surface area contributed by atoms with Gasteiger partial charge in [-0.1, -0.05) is 38.1 Å². The van der Waals surface area contributed by atoms with Crippen molar-refractivity contribution in [3.63, 3.8) is 0 Å². The smallest absolute Gasteiger partial charge is 0.282 e. The second-order valence-electron chi connectivity index (χ2n) is 8.97. The minimum atomic E-state index is -0.259. The second-order valence-corrected chi connectivity index (χ2v) is 8.97. The maximum atomic E-state index is 13.8. The summed E-state index contributed by atoms with van der Waals surface area (Å²) in [4.78, 5) is 31.0. The van der Waals surface area contributed by atoms with Gasteiger partial charge in [-0.3, -0.25) is 9.59 Å². The molecular weight excluding hydrogens is 388 g/mol. The van der Waals surface area contributed by atoms with E-state index in [1.807, 2.05) is 56.3 Å². The number of carbonyl (C=O) groups excluding carboxylic acids is 2. The Labute approximate surface area is 184 Å². The Kier molecular flexibility index (Phi) is 5.61. The van der Waals surface area contributed by atoms with E-state index in [9.17, 15) is 9.59 Å². The van der Waals surface area contributed by atoms with E-state index in [1.165, 1.54) is 4.90 Å². The summed E-state index contributed by atoms with van der Waals surface area (Å²) in [5.74, 6) is 1.15. The molecule has 1 fully saturated rings. The molecule has 2 aliphatic heterocycles. The molecule has 2 aliphatic rings. The highest BCUT2D eigenvalue weighted by Crippen LogP contribution is 2.38. The van der Waals surface area contributed by atoms with Gasteiger partial charge in [-0.25, -0.2) is 4.90 Å². The third-order valence-electron chi connectivity index (χ3n) is 6.44. The summed E-state index contributed by atoms with van der Waals surface area (Å²) in [7, 11) is 1.61. The standard InChI is InChI=1S/C26H30N2O3/c1-16-13-17(2)15-27(14-16)24-23(20-9-11-21(31-5)12-10-20)25(29)28(26(24)30)22-8-6-7-18(3)19(22)4/h6-12,16-17H,13-15H2,1-5H3. The van der Waals surface area contributed by atoms with E-state index < -0.39 is 0 Å². The van der Waals surface area contributed by atoms with Crippen LogP contribution in [0, 0.1) is 25.7 Å². The fraction of sp³-hybridized carbons (Fsp3) is 0.385. The molecule has 2 unspecified atom stereocenters. The predicted molar refractivity (Wildman–Crippen MR) is 123 cm³/mol.